The number of esters is 1. The smallest absolute Gasteiger partial charge is 0.310 e. The molecule has 0 radical (unpaired) electrons. The Kier molecular flexibility index (Phi) is 6.47. The molecule has 5 nitrogen and oxygen atoms in total. The van der Waals surface area contributed by atoms with Crippen molar-refractivity contribution in [1.29, 1.82) is 0 Å². The van der Waals surface area contributed by atoms with Crippen molar-refractivity contribution in [3.8, 4) is 0 Å². The molecule has 0 saturated carbocycles. The maximum Gasteiger partial charge on any atom is 0.310 e. The summed E-state index contributed by atoms with van der Waals surface area (Å²) in [6.07, 6.45) is 1.37. The molecule has 2 atom stereocenters. The van der Waals surface area contributed by atoms with Gasteiger partial charge < -0.3 is 14.6 Å². The second-order valence-corrected chi connectivity index (χ2v) is 4.46. The van der Waals surface area contributed by atoms with Crippen LogP contribution < -0.4 is 0 Å². The number of aliphatic hydroxyl groups excluding tert-OH is 1. The Balaban J connectivity index is 2.35. The van der Waals surface area contributed by atoms with E-state index < -0.39 is 6.10 Å². The first kappa shape index (κ1) is 14.4. The van der Waals surface area contributed by atoms with Crippen LogP contribution in [0.25, 0.3) is 0 Å². The summed E-state index contributed by atoms with van der Waals surface area (Å²) in [6.45, 7) is 4.75. The minimum absolute atomic E-state index is 0.0431. The molecule has 0 amide bonds. The van der Waals surface area contributed by atoms with E-state index in [2.05, 4.69) is 4.90 Å². The highest BCUT2D eigenvalue weighted by atomic mass is 16.5. The Morgan fingerprint density at radius 3 is 3.00 bits per heavy atom. The van der Waals surface area contributed by atoms with E-state index >= 15 is 0 Å². The number of carbonyl (C=O) groups is 1. The average molecular weight is 245 g/mol. The van der Waals surface area contributed by atoms with Gasteiger partial charge in [0, 0.05) is 20.2 Å². The van der Waals surface area contributed by atoms with Crippen molar-refractivity contribution in [1.82, 2.24) is 4.90 Å². The van der Waals surface area contributed by atoms with Crippen LogP contribution >= 0.6 is 0 Å². The molecule has 17 heavy (non-hydrogen) atoms. The molecule has 0 aromatic carbocycles. The van der Waals surface area contributed by atoms with Crippen LogP contribution in [-0.4, -0.2) is 62.0 Å². The Hall–Kier alpha value is -0.650. The molecule has 1 aliphatic rings. The number of ether oxygens (including phenoxy) is 2. The van der Waals surface area contributed by atoms with Crippen LogP contribution in [-0.2, 0) is 14.3 Å². The van der Waals surface area contributed by atoms with Gasteiger partial charge in [-0.2, -0.15) is 0 Å². The summed E-state index contributed by atoms with van der Waals surface area (Å²) in [7, 11) is 1.57. The summed E-state index contributed by atoms with van der Waals surface area (Å²) in [5.74, 6) is -0.156. The number of carbonyl (C=O) groups excluding carboxylic acids is 1. The molecule has 1 aliphatic heterocycles. The van der Waals surface area contributed by atoms with Gasteiger partial charge >= 0.3 is 5.97 Å². The molecule has 5 heteroatoms. The molecule has 1 saturated heterocycles. The monoisotopic (exact) mass is 245 g/mol. The van der Waals surface area contributed by atoms with E-state index in [9.17, 15) is 9.90 Å². The second kappa shape index (κ2) is 7.63. The van der Waals surface area contributed by atoms with E-state index in [1.165, 1.54) is 0 Å². The van der Waals surface area contributed by atoms with Gasteiger partial charge in [-0.25, -0.2) is 0 Å². The predicted molar refractivity (Wildman–Crippen MR) is 63.7 cm³/mol. The number of β-amino-alcohol motifs (C(OH)–C–C–N with tert-alkyl or cyclic N) is 1. The first-order chi connectivity index (χ1) is 8.17. The summed E-state index contributed by atoms with van der Waals surface area (Å²) in [6, 6.07) is 0. The lowest BCUT2D eigenvalue weighted by Gasteiger charge is -2.32. The van der Waals surface area contributed by atoms with Crippen molar-refractivity contribution in [2.45, 2.75) is 25.9 Å². The number of hydrogen-bond donors (Lipinski definition) is 1. The van der Waals surface area contributed by atoms with Gasteiger partial charge in [-0.05, 0) is 26.3 Å². The molecule has 0 aliphatic carbocycles. The number of piperidine rings is 1. The number of nitrogens with zero attached hydrogens (tertiary/aromatic N) is 1. The molecule has 100 valence electrons. The van der Waals surface area contributed by atoms with Crippen molar-refractivity contribution < 1.29 is 19.4 Å². The summed E-state index contributed by atoms with van der Waals surface area (Å²) in [4.78, 5) is 13.7. The third-order valence-electron chi connectivity index (χ3n) is 2.95. The maximum atomic E-state index is 11.6. The van der Waals surface area contributed by atoms with Crippen LogP contribution in [0.4, 0.5) is 0 Å². The van der Waals surface area contributed by atoms with Crippen LogP contribution in [0.1, 0.15) is 19.8 Å². The summed E-state index contributed by atoms with van der Waals surface area (Å²) >= 11 is 0. The van der Waals surface area contributed by atoms with Crippen LogP contribution in [0.2, 0.25) is 0 Å². The van der Waals surface area contributed by atoms with Gasteiger partial charge in [-0.3, -0.25) is 9.69 Å². The molecule has 1 rings (SSSR count). The van der Waals surface area contributed by atoms with Crippen molar-refractivity contribution >= 4 is 5.97 Å². The fourth-order valence-corrected chi connectivity index (χ4v) is 2.22. The Bertz CT molecular complexity index is 235. The highest BCUT2D eigenvalue weighted by Crippen LogP contribution is 2.18. The topological polar surface area (TPSA) is 59.0 Å². The van der Waals surface area contributed by atoms with Crippen molar-refractivity contribution in [3.63, 3.8) is 0 Å². The Morgan fingerprint density at radius 1 is 1.59 bits per heavy atom. The van der Waals surface area contributed by atoms with E-state index in [4.69, 9.17) is 9.47 Å². The standard InChI is InChI=1S/C12H23NO4/c1-3-17-12(15)10-5-4-6-13(7-10)8-11(14)9-16-2/h10-11,14H,3-9H2,1-2H3. The molecule has 1 heterocycles. The molecule has 2 unspecified atom stereocenters. The zero-order valence-corrected chi connectivity index (χ0v) is 10.7. The number of hydrogen-bond acceptors (Lipinski definition) is 5. The lowest BCUT2D eigenvalue weighted by molar-refractivity contribution is -0.150. The molecule has 0 aromatic heterocycles. The van der Waals surface area contributed by atoms with Gasteiger partial charge in [0.2, 0.25) is 0 Å². The van der Waals surface area contributed by atoms with Gasteiger partial charge in [0.05, 0.1) is 25.2 Å². The first-order valence-corrected chi connectivity index (χ1v) is 6.23. The quantitative estimate of drug-likeness (QED) is 0.681. The normalized spacial score (nSPS) is 23.4. The molecular weight excluding hydrogens is 222 g/mol. The fourth-order valence-electron chi connectivity index (χ4n) is 2.22. The van der Waals surface area contributed by atoms with Crippen molar-refractivity contribution in [2.24, 2.45) is 5.92 Å². The van der Waals surface area contributed by atoms with Crippen LogP contribution in [0.5, 0.6) is 0 Å². The largest absolute Gasteiger partial charge is 0.466 e. The van der Waals surface area contributed by atoms with E-state index in [0.29, 0.717) is 26.3 Å². The minimum atomic E-state index is -0.485. The first-order valence-electron chi connectivity index (χ1n) is 6.23. The molecule has 0 bridgehead atoms. The Morgan fingerprint density at radius 2 is 2.35 bits per heavy atom. The predicted octanol–water partition coefficient (Wildman–Crippen LogP) is 0.269. The summed E-state index contributed by atoms with van der Waals surface area (Å²) < 4.78 is 9.92. The summed E-state index contributed by atoms with van der Waals surface area (Å²) in [5, 5.41) is 9.65. The highest BCUT2D eigenvalue weighted by Gasteiger charge is 2.27. The van der Waals surface area contributed by atoms with E-state index in [1.54, 1.807) is 7.11 Å². The van der Waals surface area contributed by atoms with E-state index in [0.717, 1.165) is 19.4 Å². The second-order valence-electron chi connectivity index (χ2n) is 4.46. The molecule has 1 N–H and O–H groups in total. The number of rotatable bonds is 6. The zero-order chi connectivity index (χ0) is 12.7. The van der Waals surface area contributed by atoms with Crippen molar-refractivity contribution in [2.75, 3.05) is 40.0 Å². The number of likely N-dealkylation sites (tertiary alicyclic amines) is 1. The van der Waals surface area contributed by atoms with Gasteiger partial charge in [0.1, 0.15) is 0 Å². The highest BCUT2D eigenvalue weighted by molar-refractivity contribution is 5.72. The maximum absolute atomic E-state index is 11.6. The number of aliphatic hydroxyl groups is 1. The minimum Gasteiger partial charge on any atom is -0.466 e. The lowest BCUT2D eigenvalue weighted by atomic mass is 9.98. The molecule has 0 aromatic rings. The van der Waals surface area contributed by atoms with Gasteiger partial charge in [-0.15, -0.1) is 0 Å². The van der Waals surface area contributed by atoms with Gasteiger partial charge in [-0.1, -0.05) is 0 Å². The fraction of sp³-hybridized carbons (Fsp3) is 0.917. The van der Waals surface area contributed by atoms with Crippen molar-refractivity contribution in [3.05, 3.63) is 0 Å². The number of methoxy groups -OCH3 is 1. The van der Waals surface area contributed by atoms with E-state index in [1.807, 2.05) is 6.92 Å². The SMILES string of the molecule is CCOC(=O)C1CCCN(CC(O)COC)C1. The van der Waals surface area contributed by atoms with Crippen LogP contribution in [0.15, 0.2) is 0 Å². The molecular formula is C12H23NO4. The van der Waals surface area contributed by atoms with Crippen LogP contribution in [0.3, 0.4) is 0 Å². The third-order valence-corrected chi connectivity index (χ3v) is 2.95. The van der Waals surface area contributed by atoms with Crippen LogP contribution in [0, 0.1) is 5.92 Å². The summed E-state index contributed by atoms with van der Waals surface area (Å²) in [5.41, 5.74) is 0. The van der Waals surface area contributed by atoms with E-state index in [-0.39, 0.29) is 11.9 Å². The van der Waals surface area contributed by atoms with Gasteiger partial charge in [0.15, 0.2) is 0 Å². The van der Waals surface area contributed by atoms with Gasteiger partial charge in [0.25, 0.3) is 0 Å². The molecule has 0 spiro atoms. The average Bonchev–Trinajstić information content (AvgIpc) is 2.30. The lowest BCUT2D eigenvalue weighted by Crippen LogP contribution is -2.43. The Labute approximate surface area is 103 Å². The molecule has 1 fully saturated rings. The zero-order valence-electron chi connectivity index (χ0n) is 10.7. The third kappa shape index (κ3) is 5.02.